The number of anilines is 1. The van der Waals surface area contributed by atoms with Gasteiger partial charge in [-0.1, -0.05) is 0 Å². The first-order valence-corrected chi connectivity index (χ1v) is 8.67. The number of rotatable bonds is 4. The minimum atomic E-state index is -3.24. The Labute approximate surface area is 131 Å². The van der Waals surface area contributed by atoms with Crippen molar-refractivity contribution in [1.29, 1.82) is 0 Å². The molecule has 1 N–H and O–H groups in total. The van der Waals surface area contributed by atoms with Gasteiger partial charge in [-0.05, 0) is 25.5 Å². The molecule has 2 atom stereocenters. The Morgan fingerprint density at radius 3 is 2.61 bits per heavy atom. The first-order chi connectivity index (χ1) is 10.7. The van der Waals surface area contributed by atoms with E-state index < -0.39 is 45.4 Å². The van der Waals surface area contributed by atoms with E-state index in [1.807, 2.05) is 0 Å². The number of carbonyl (C=O) groups is 2. The highest BCUT2D eigenvalue weighted by atomic mass is 32.2. The van der Waals surface area contributed by atoms with Crippen LogP contribution in [0.3, 0.4) is 0 Å². The van der Waals surface area contributed by atoms with Crippen molar-refractivity contribution in [3.63, 3.8) is 0 Å². The summed E-state index contributed by atoms with van der Waals surface area (Å²) in [6.07, 6.45) is -1.09. The van der Waals surface area contributed by atoms with E-state index in [-0.39, 0.29) is 23.6 Å². The Kier molecular flexibility index (Phi) is 4.98. The highest BCUT2D eigenvalue weighted by Crippen LogP contribution is 2.21. The van der Waals surface area contributed by atoms with Crippen LogP contribution in [-0.2, 0) is 24.2 Å². The van der Waals surface area contributed by atoms with Crippen molar-refractivity contribution in [3.05, 3.63) is 29.8 Å². The van der Waals surface area contributed by atoms with Crippen LogP contribution < -0.4 is 5.32 Å². The van der Waals surface area contributed by atoms with Gasteiger partial charge in [0.25, 0.3) is 5.91 Å². The molecule has 0 radical (unpaired) electrons. The molecule has 9 heteroatoms. The minimum Gasteiger partial charge on any atom is -0.452 e. The van der Waals surface area contributed by atoms with E-state index in [9.17, 15) is 26.8 Å². The molecule has 0 aliphatic carbocycles. The number of esters is 1. The first-order valence-electron chi connectivity index (χ1n) is 6.85. The van der Waals surface area contributed by atoms with E-state index in [2.05, 4.69) is 5.32 Å². The second-order valence-electron chi connectivity index (χ2n) is 5.29. The number of ether oxygens (including phenoxy) is 1. The fraction of sp³-hybridized carbons (Fsp3) is 0.429. The number of carbonyl (C=O) groups excluding carboxylic acids is 2. The standard InChI is InChI=1S/C14H15F2NO5S/c1-8(22-14(19)9-4-5-23(20,21)7-9)13(18)17-12-3-2-10(15)6-11(12)16/h2-3,6,8-9H,4-5,7H2,1H3,(H,17,18)/t8-,9-/m1/s1. The van der Waals surface area contributed by atoms with Crippen LogP contribution in [0.5, 0.6) is 0 Å². The third-order valence-corrected chi connectivity index (χ3v) is 5.18. The van der Waals surface area contributed by atoms with Crippen LogP contribution in [0.1, 0.15) is 13.3 Å². The molecule has 0 saturated carbocycles. The molecular weight excluding hydrogens is 332 g/mol. The molecule has 2 rings (SSSR count). The van der Waals surface area contributed by atoms with Crippen LogP contribution in [0.25, 0.3) is 0 Å². The summed E-state index contributed by atoms with van der Waals surface area (Å²) in [6.45, 7) is 1.28. The van der Waals surface area contributed by atoms with Gasteiger partial charge in [0, 0.05) is 6.07 Å². The number of nitrogens with one attached hydrogen (secondary N) is 1. The molecule has 0 spiro atoms. The lowest BCUT2D eigenvalue weighted by atomic mass is 10.1. The van der Waals surface area contributed by atoms with Crippen molar-refractivity contribution >= 4 is 27.4 Å². The molecule has 23 heavy (non-hydrogen) atoms. The molecule has 1 aromatic rings. The molecule has 1 aromatic carbocycles. The van der Waals surface area contributed by atoms with Crippen LogP contribution in [0.2, 0.25) is 0 Å². The van der Waals surface area contributed by atoms with Gasteiger partial charge >= 0.3 is 5.97 Å². The van der Waals surface area contributed by atoms with Crippen molar-refractivity contribution < 1.29 is 31.5 Å². The maximum Gasteiger partial charge on any atom is 0.310 e. The van der Waals surface area contributed by atoms with Crippen molar-refractivity contribution in [3.8, 4) is 0 Å². The van der Waals surface area contributed by atoms with Crippen molar-refractivity contribution in [2.75, 3.05) is 16.8 Å². The largest absolute Gasteiger partial charge is 0.452 e. The molecule has 1 saturated heterocycles. The summed E-state index contributed by atoms with van der Waals surface area (Å²) < 4.78 is 53.8. The second kappa shape index (κ2) is 6.61. The summed E-state index contributed by atoms with van der Waals surface area (Å²) in [6, 6.07) is 2.62. The average Bonchev–Trinajstić information content (AvgIpc) is 2.82. The Bertz CT molecular complexity index is 735. The lowest BCUT2D eigenvalue weighted by Crippen LogP contribution is -2.32. The smallest absolute Gasteiger partial charge is 0.310 e. The first kappa shape index (κ1) is 17.3. The Hall–Kier alpha value is -2.03. The summed E-state index contributed by atoms with van der Waals surface area (Å²) in [5.41, 5.74) is -0.247. The van der Waals surface area contributed by atoms with Gasteiger partial charge in [0.2, 0.25) is 0 Å². The number of benzene rings is 1. The Morgan fingerprint density at radius 1 is 1.35 bits per heavy atom. The number of hydrogen-bond acceptors (Lipinski definition) is 5. The number of hydrogen-bond donors (Lipinski definition) is 1. The van der Waals surface area contributed by atoms with Crippen molar-refractivity contribution in [2.45, 2.75) is 19.4 Å². The summed E-state index contributed by atoms with van der Waals surface area (Å²) >= 11 is 0. The minimum absolute atomic E-state index is 0.0892. The van der Waals surface area contributed by atoms with Crippen molar-refractivity contribution in [2.24, 2.45) is 5.92 Å². The average molecular weight is 347 g/mol. The Morgan fingerprint density at radius 2 is 2.04 bits per heavy atom. The predicted octanol–water partition coefficient (Wildman–Crippen LogP) is 1.27. The van der Waals surface area contributed by atoms with Crippen LogP contribution in [-0.4, -0.2) is 37.9 Å². The van der Waals surface area contributed by atoms with Crippen LogP contribution in [0.4, 0.5) is 14.5 Å². The maximum absolute atomic E-state index is 13.4. The van der Waals surface area contributed by atoms with E-state index in [4.69, 9.17) is 4.74 Å². The molecule has 1 aliphatic rings. The zero-order valence-electron chi connectivity index (χ0n) is 12.2. The summed E-state index contributed by atoms with van der Waals surface area (Å²) in [4.78, 5) is 23.7. The molecule has 0 aromatic heterocycles. The third kappa shape index (κ3) is 4.47. The van der Waals surface area contributed by atoms with Gasteiger partial charge in [-0.3, -0.25) is 9.59 Å². The second-order valence-corrected chi connectivity index (χ2v) is 7.52. The monoisotopic (exact) mass is 347 g/mol. The van der Waals surface area contributed by atoms with E-state index in [0.717, 1.165) is 12.1 Å². The Balaban J connectivity index is 1.93. The molecule has 6 nitrogen and oxygen atoms in total. The van der Waals surface area contributed by atoms with Gasteiger partial charge in [0.1, 0.15) is 11.6 Å². The molecule has 0 unspecified atom stereocenters. The lowest BCUT2D eigenvalue weighted by molar-refractivity contribution is -0.156. The fourth-order valence-electron chi connectivity index (χ4n) is 2.13. The SMILES string of the molecule is C[C@@H](OC(=O)[C@@H]1CCS(=O)(=O)C1)C(=O)Nc1ccc(F)cc1F. The summed E-state index contributed by atoms with van der Waals surface area (Å²) in [7, 11) is -3.24. The summed E-state index contributed by atoms with van der Waals surface area (Å²) in [5.74, 6) is -4.52. The number of amides is 1. The van der Waals surface area contributed by atoms with Crippen molar-refractivity contribution in [1.82, 2.24) is 0 Å². The molecule has 1 amide bonds. The summed E-state index contributed by atoms with van der Waals surface area (Å²) in [5, 5.41) is 2.17. The highest BCUT2D eigenvalue weighted by Gasteiger charge is 2.35. The van der Waals surface area contributed by atoms with E-state index in [1.165, 1.54) is 6.92 Å². The molecule has 1 heterocycles. The number of sulfone groups is 1. The third-order valence-electron chi connectivity index (χ3n) is 3.42. The molecule has 0 bridgehead atoms. The van der Waals surface area contributed by atoms with E-state index in [1.54, 1.807) is 0 Å². The van der Waals surface area contributed by atoms with Crippen LogP contribution in [0, 0.1) is 17.6 Å². The topological polar surface area (TPSA) is 89.5 Å². The normalized spacial score (nSPS) is 20.7. The van der Waals surface area contributed by atoms with Gasteiger partial charge in [-0.2, -0.15) is 0 Å². The van der Waals surface area contributed by atoms with Gasteiger partial charge in [0.15, 0.2) is 15.9 Å². The van der Waals surface area contributed by atoms with Gasteiger partial charge in [-0.15, -0.1) is 0 Å². The van der Waals surface area contributed by atoms with Crippen LogP contribution in [0.15, 0.2) is 18.2 Å². The quantitative estimate of drug-likeness (QED) is 0.829. The zero-order valence-corrected chi connectivity index (χ0v) is 13.0. The lowest BCUT2D eigenvalue weighted by Gasteiger charge is -2.16. The molecule has 1 fully saturated rings. The number of halogens is 2. The van der Waals surface area contributed by atoms with Gasteiger partial charge in [0.05, 0.1) is 23.1 Å². The molecule has 1 aliphatic heterocycles. The highest BCUT2D eigenvalue weighted by molar-refractivity contribution is 7.91. The molecular formula is C14H15F2NO5S. The zero-order chi connectivity index (χ0) is 17.2. The van der Waals surface area contributed by atoms with Gasteiger partial charge < -0.3 is 10.1 Å². The fourth-order valence-corrected chi connectivity index (χ4v) is 3.86. The molecule has 126 valence electrons. The van der Waals surface area contributed by atoms with Gasteiger partial charge in [-0.25, -0.2) is 17.2 Å². The van der Waals surface area contributed by atoms with E-state index in [0.29, 0.717) is 6.07 Å². The van der Waals surface area contributed by atoms with Crippen LogP contribution >= 0.6 is 0 Å². The van der Waals surface area contributed by atoms with E-state index >= 15 is 0 Å². The maximum atomic E-state index is 13.4. The predicted molar refractivity (Wildman–Crippen MR) is 77.3 cm³/mol.